The lowest BCUT2D eigenvalue weighted by molar-refractivity contribution is 0.415. The molecule has 1 aromatic heterocycles. The molecule has 1 aromatic carbocycles. The second-order valence-corrected chi connectivity index (χ2v) is 5.30. The first-order chi connectivity index (χ1) is 10.2. The van der Waals surface area contributed by atoms with E-state index >= 15 is 0 Å². The zero-order chi connectivity index (χ0) is 14.8. The molecule has 0 radical (unpaired) electrons. The number of ether oxygens (including phenoxy) is 1. The average molecular weight is 306 g/mol. The molecule has 0 unspecified atom stereocenters. The smallest absolute Gasteiger partial charge is 0.145 e. The Balaban J connectivity index is 1.88. The zero-order valence-electron chi connectivity index (χ0n) is 11.6. The van der Waals surface area contributed by atoms with E-state index in [4.69, 9.17) is 22.2 Å². The molecule has 2 aromatic rings. The molecule has 1 aliphatic rings. The maximum Gasteiger partial charge on any atom is 0.145 e. The average Bonchev–Trinajstić information content (AvgIpc) is 3.33. The van der Waals surface area contributed by atoms with Crippen LogP contribution in [0.4, 0.5) is 17.3 Å². The molecule has 0 amide bonds. The summed E-state index contributed by atoms with van der Waals surface area (Å²) >= 11 is 6.02. The number of methoxy groups -OCH3 is 1. The molecule has 1 saturated carbocycles. The van der Waals surface area contributed by atoms with Gasteiger partial charge in [0.15, 0.2) is 0 Å². The maximum atomic E-state index is 6.02. The van der Waals surface area contributed by atoms with Crippen LogP contribution in [0.1, 0.15) is 24.6 Å². The van der Waals surface area contributed by atoms with Gasteiger partial charge in [-0.25, -0.2) is 15.8 Å². The highest BCUT2D eigenvalue weighted by Gasteiger charge is 2.27. The molecule has 0 spiro atoms. The third kappa shape index (κ3) is 3.17. The topological polar surface area (TPSA) is 85.1 Å². The van der Waals surface area contributed by atoms with E-state index in [9.17, 15) is 0 Å². The first kappa shape index (κ1) is 13.9. The van der Waals surface area contributed by atoms with E-state index in [0.717, 1.165) is 24.4 Å². The van der Waals surface area contributed by atoms with E-state index in [1.807, 2.05) is 12.1 Å². The molecule has 1 aliphatic carbocycles. The number of nitrogen functional groups attached to an aromatic ring is 1. The monoisotopic (exact) mass is 305 g/mol. The summed E-state index contributed by atoms with van der Waals surface area (Å²) in [6, 6.07) is 7.21. The quantitative estimate of drug-likeness (QED) is 0.581. The zero-order valence-corrected chi connectivity index (χ0v) is 12.3. The summed E-state index contributed by atoms with van der Waals surface area (Å²) in [5, 5.41) is 3.78. The summed E-state index contributed by atoms with van der Waals surface area (Å²) in [7, 11) is 1.58. The summed E-state index contributed by atoms with van der Waals surface area (Å²) in [6.45, 7) is 0. The van der Waals surface area contributed by atoms with Gasteiger partial charge in [0.05, 0.1) is 12.1 Å². The van der Waals surface area contributed by atoms with Crippen LogP contribution in [0.3, 0.4) is 0 Å². The van der Waals surface area contributed by atoms with Gasteiger partial charge in [0.1, 0.15) is 23.2 Å². The SMILES string of the molecule is COc1cc(Nc2cc(NN)nc(C3CC3)n2)ccc1Cl. The summed E-state index contributed by atoms with van der Waals surface area (Å²) in [6.07, 6.45) is 2.25. The molecule has 6 nitrogen and oxygen atoms in total. The number of aromatic nitrogens is 2. The molecular formula is C14H16ClN5O. The number of hydrazine groups is 1. The van der Waals surface area contributed by atoms with Crippen molar-refractivity contribution in [3.8, 4) is 5.75 Å². The summed E-state index contributed by atoms with van der Waals surface area (Å²) in [5.74, 6) is 8.60. The fraction of sp³-hybridized carbons (Fsp3) is 0.286. The Kier molecular flexibility index (Phi) is 3.81. The van der Waals surface area contributed by atoms with Gasteiger partial charge in [-0.1, -0.05) is 11.6 Å². The maximum absolute atomic E-state index is 6.02. The largest absolute Gasteiger partial charge is 0.495 e. The minimum Gasteiger partial charge on any atom is -0.495 e. The Bertz CT molecular complexity index is 660. The van der Waals surface area contributed by atoms with E-state index in [0.29, 0.717) is 28.3 Å². The highest BCUT2D eigenvalue weighted by molar-refractivity contribution is 6.32. The third-order valence-electron chi connectivity index (χ3n) is 3.26. The molecule has 110 valence electrons. The Morgan fingerprint density at radius 2 is 2.00 bits per heavy atom. The van der Waals surface area contributed by atoms with Crippen molar-refractivity contribution in [2.45, 2.75) is 18.8 Å². The lowest BCUT2D eigenvalue weighted by Gasteiger charge is -2.11. The van der Waals surface area contributed by atoms with E-state index in [2.05, 4.69) is 20.7 Å². The molecule has 1 heterocycles. The lowest BCUT2D eigenvalue weighted by atomic mass is 10.3. The number of hydrogen-bond donors (Lipinski definition) is 3. The first-order valence-corrected chi connectivity index (χ1v) is 7.03. The molecule has 1 fully saturated rings. The second kappa shape index (κ2) is 5.75. The Morgan fingerprint density at radius 1 is 1.24 bits per heavy atom. The van der Waals surface area contributed by atoms with Crippen molar-refractivity contribution in [3.05, 3.63) is 35.1 Å². The molecule has 0 atom stereocenters. The van der Waals surface area contributed by atoms with Crippen molar-refractivity contribution >= 4 is 28.9 Å². The molecular weight excluding hydrogens is 290 g/mol. The second-order valence-electron chi connectivity index (χ2n) is 4.89. The molecule has 0 saturated heterocycles. The molecule has 21 heavy (non-hydrogen) atoms. The Hall–Kier alpha value is -2.05. The number of nitrogens with two attached hydrogens (primary N) is 1. The van der Waals surface area contributed by atoms with Crippen molar-refractivity contribution in [2.24, 2.45) is 5.84 Å². The normalized spacial score (nSPS) is 13.9. The minimum atomic E-state index is 0.443. The molecule has 0 bridgehead atoms. The fourth-order valence-corrected chi connectivity index (χ4v) is 2.21. The van der Waals surface area contributed by atoms with E-state index in [-0.39, 0.29) is 0 Å². The van der Waals surface area contributed by atoms with Crippen LogP contribution < -0.4 is 21.3 Å². The summed E-state index contributed by atoms with van der Waals surface area (Å²) < 4.78 is 5.20. The van der Waals surface area contributed by atoms with Crippen LogP contribution in [-0.4, -0.2) is 17.1 Å². The number of hydrogen-bond acceptors (Lipinski definition) is 6. The van der Waals surface area contributed by atoms with Crippen LogP contribution in [0, 0.1) is 0 Å². The molecule has 3 rings (SSSR count). The van der Waals surface area contributed by atoms with Crippen molar-refractivity contribution in [2.75, 3.05) is 17.9 Å². The van der Waals surface area contributed by atoms with E-state index in [1.54, 1.807) is 19.2 Å². The molecule has 4 N–H and O–H groups in total. The van der Waals surface area contributed by atoms with Gasteiger partial charge in [-0.2, -0.15) is 0 Å². The number of nitrogens with zero attached hydrogens (tertiary/aromatic N) is 2. The highest BCUT2D eigenvalue weighted by Crippen LogP contribution is 2.39. The predicted octanol–water partition coefficient (Wildman–Crippen LogP) is 3.05. The van der Waals surface area contributed by atoms with E-state index < -0.39 is 0 Å². The number of nitrogens with one attached hydrogen (secondary N) is 2. The van der Waals surface area contributed by atoms with Crippen LogP contribution in [0.2, 0.25) is 5.02 Å². The predicted molar refractivity (Wildman–Crippen MR) is 83.1 cm³/mol. The lowest BCUT2D eigenvalue weighted by Crippen LogP contribution is -2.11. The van der Waals surface area contributed by atoms with Gasteiger partial charge < -0.3 is 15.5 Å². The van der Waals surface area contributed by atoms with Crippen LogP contribution in [-0.2, 0) is 0 Å². The highest BCUT2D eigenvalue weighted by atomic mass is 35.5. The number of anilines is 3. The van der Waals surface area contributed by atoms with Gasteiger partial charge in [-0.15, -0.1) is 0 Å². The Labute approximate surface area is 127 Å². The van der Waals surface area contributed by atoms with Gasteiger partial charge in [0.2, 0.25) is 0 Å². The number of rotatable bonds is 5. The fourth-order valence-electron chi connectivity index (χ4n) is 2.01. The Morgan fingerprint density at radius 3 is 2.67 bits per heavy atom. The van der Waals surface area contributed by atoms with Gasteiger partial charge in [-0.3, -0.25) is 0 Å². The summed E-state index contributed by atoms with van der Waals surface area (Å²) in [4.78, 5) is 8.90. The summed E-state index contributed by atoms with van der Waals surface area (Å²) in [5.41, 5.74) is 3.40. The van der Waals surface area contributed by atoms with Crippen LogP contribution in [0.15, 0.2) is 24.3 Å². The molecule has 0 aliphatic heterocycles. The van der Waals surface area contributed by atoms with Crippen LogP contribution in [0.5, 0.6) is 5.75 Å². The number of halogens is 1. The third-order valence-corrected chi connectivity index (χ3v) is 3.57. The van der Waals surface area contributed by atoms with Crippen LogP contribution >= 0.6 is 11.6 Å². The van der Waals surface area contributed by atoms with Crippen molar-refractivity contribution in [3.63, 3.8) is 0 Å². The minimum absolute atomic E-state index is 0.443. The first-order valence-electron chi connectivity index (χ1n) is 6.66. The van der Waals surface area contributed by atoms with Crippen molar-refractivity contribution < 1.29 is 4.74 Å². The van der Waals surface area contributed by atoms with E-state index in [1.165, 1.54) is 0 Å². The van der Waals surface area contributed by atoms with Gasteiger partial charge in [0.25, 0.3) is 0 Å². The van der Waals surface area contributed by atoms with Crippen LogP contribution in [0.25, 0.3) is 0 Å². The van der Waals surface area contributed by atoms with Gasteiger partial charge in [-0.05, 0) is 25.0 Å². The molecule has 7 heteroatoms. The standard InChI is InChI=1S/C14H16ClN5O/c1-21-11-6-9(4-5-10(11)15)17-12-7-13(20-16)19-14(18-12)8-2-3-8/h4-8H,2-3,16H2,1H3,(H2,17,18,19,20). The van der Waals surface area contributed by atoms with Crippen molar-refractivity contribution in [1.29, 1.82) is 0 Å². The van der Waals surface area contributed by atoms with Gasteiger partial charge in [0, 0.05) is 23.7 Å². The van der Waals surface area contributed by atoms with Crippen molar-refractivity contribution in [1.82, 2.24) is 9.97 Å². The number of benzene rings is 1. The van der Waals surface area contributed by atoms with Gasteiger partial charge >= 0.3 is 0 Å².